The lowest BCUT2D eigenvalue weighted by molar-refractivity contribution is -0.175. The van der Waals surface area contributed by atoms with Gasteiger partial charge in [-0.15, -0.1) is 0 Å². The molecule has 0 aromatic heterocycles. The molecule has 0 amide bonds. The Bertz CT molecular complexity index is 1060. The number of carbonyl (C=O) groups is 3. The standard InChI is InChI=1S/C30H44O6/c1-16(13-18(31)25(35)27(4,5)36)24-17-9-10-20-28(6)12-11-22(33)26(2,3)21(28)14-23(34)30(20,8)29(17,7)15-19(24)32/h9-10,16,18,20-21,25,31,35-36H,11-15H2,1-8H3/t16-,18+,20+,21+,25-,28-,29+,30-/m1/s1. The fraction of sp³-hybridized carbons (Fsp3) is 0.767. The number of hydrogen-bond donors (Lipinski definition) is 3. The molecule has 0 spiro atoms. The quantitative estimate of drug-likeness (QED) is 0.527. The molecule has 4 rings (SSSR count). The van der Waals surface area contributed by atoms with E-state index in [-0.39, 0.29) is 53.4 Å². The Hall–Kier alpha value is -1.63. The Morgan fingerprint density at radius 1 is 1.06 bits per heavy atom. The van der Waals surface area contributed by atoms with Crippen LogP contribution in [0, 0.1) is 39.4 Å². The van der Waals surface area contributed by atoms with Crippen LogP contribution in [0.15, 0.2) is 23.3 Å². The van der Waals surface area contributed by atoms with Gasteiger partial charge < -0.3 is 15.3 Å². The van der Waals surface area contributed by atoms with Gasteiger partial charge in [-0.2, -0.15) is 0 Å². The predicted molar refractivity (Wildman–Crippen MR) is 137 cm³/mol. The first kappa shape index (κ1) is 27.4. The van der Waals surface area contributed by atoms with Gasteiger partial charge in [-0.25, -0.2) is 0 Å². The molecule has 0 bridgehead atoms. The highest BCUT2D eigenvalue weighted by molar-refractivity contribution is 6.03. The third-order valence-corrected chi connectivity index (χ3v) is 11.1. The minimum atomic E-state index is -1.47. The molecule has 0 saturated heterocycles. The monoisotopic (exact) mass is 500 g/mol. The summed E-state index contributed by atoms with van der Waals surface area (Å²) in [5.74, 6) is -0.129. The van der Waals surface area contributed by atoms with Crippen molar-refractivity contribution in [2.24, 2.45) is 39.4 Å². The molecule has 0 radical (unpaired) electrons. The van der Waals surface area contributed by atoms with Gasteiger partial charge >= 0.3 is 0 Å². The van der Waals surface area contributed by atoms with E-state index >= 15 is 0 Å². The summed E-state index contributed by atoms with van der Waals surface area (Å²) in [5, 5.41) is 31.1. The van der Waals surface area contributed by atoms with Crippen LogP contribution in [0.25, 0.3) is 0 Å². The zero-order valence-corrected chi connectivity index (χ0v) is 23.1. The van der Waals surface area contributed by atoms with Crippen LogP contribution >= 0.6 is 0 Å². The first-order valence-corrected chi connectivity index (χ1v) is 13.4. The summed E-state index contributed by atoms with van der Waals surface area (Å²) in [4.78, 5) is 40.4. The fourth-order valence-corrected chi connectivity index (χ4v) is 8.56. The van der Waals surface area contributed by atoms with Gasteiger partial charge in [-0.05, 0) is 55.4 Å². The first-order chi connectivity index (χ1) is 16.3. The van der Waals surface area contributed by atoms with Crippen molar-refractivity contribution < 1.29 is 29.7 Å². The van der Waals surface area contributed by atoms with Crippen molar-refractivity contribution >= 4 is 17.3 Å². The van der Waals surface area contributed by atoms with Crippen LogP contribution in [0.2, 0.25) is 0 Å². The Labute approximate surface area is 215 Å². The predicted octanol–water partition coefficient (Wildman–Crippen LogP) is 3.96. The minimum absolute atomic E-state index is 0.0179. The van der Waals surface area contributed by atoms with E-state index in [9.17, 15) is 29.7 Å². The van der Waals surface area contributed by atoms with Crippen molar-refractivity contribution in [2.45, 2.75) is 105 Å². The van der Waals surface area contributed by atoms with E-state index in [1.165, 1.54) is 13.8 Å². The van der Waals surface area contributed by atoms with Crippen LogP contribution < -0.4 is 0 Å². The second-order valence-electron chi connectivity index (χ2n) is 13.9. The summed E-state index contributed by atoms with van der Waals surface area (Å²) in [6.45, 7) is 15.0. The number of ketones is 3. The zero-order chi connectivity index (χ0) is 27.2. The third-order valence-electron chi connectivity index (χ3n) is 11.1. The largest absolute Gasteiger partial charge is 0.390 e. The van der Waals surface area contributed by atoms with E-state index in [1.54, 1.807) is 0 Å². The van der Waals surface area contributed by atoms with Gasteiger partial charge in [-0.1, -0.05) is 53.7 Å². The molecule has 0 heterocycles. The molecule has 0 unspecified atom stereocenters. The van der Waals surface area contributed by atoms with E-state index in [1.807, 2.05) is 40.7 Å². The molecule has 36 heavy (non-hydrogen) atoms. The van der Waals surface area contributed by atoms with E-state index in [0.717, 1.165) is 12.0 Å². The van der Waals surface area contributed by atoms with Crippen LogP contribution in [0.3, 0.4) is 0 Å². The number of fused-ring (bicyclic) bond motifs is 5. The fourth-order valence-electron chi connectivity index (χ4n) is 8.56. The van der Waals surface area contributed by atoms with Crippen molar-refractivity contribution in [3.8, 4) is 0 Å². The smallest absolute Gasteiger partial charge is 0.160 e. The highest BCUT2D eigenvalue weighted by atomic mass is 16.4. The topological polar surface area (TPSA) is 112 Å². The molecule has 6 heteroatoms. The van der Waals surface area contributed by atoms with Gasteiger partial charge in [0.2, 0.25) is 0 Å². The van der Waals surface area contributed by atoms with E-state index in [4.69, 9.17) is 0 Å². The van der Waals surface area contributed by atoms with Gasteiger partial charge in [0.15, 0.2) is 5.78 Å². The first-order valence-electron chi connectivity index (χ1n) is 13.4. The molecular weight excluding hydrogens is 456 g/mol. The molecule has 0 aromatic carbocycles. The van der Waals surface area contributed by atoms with Gasteiger partial charge in [0.1, 0.15) is 17.7 Å². The summed E-state index contributed by atoms with van der Waals surface area (Å²) in [7, 11) is 0. The van der Waals surface area contributed by atoms with Gasteiger partial charge in [0, 0.05) is 41.1 Å². The van der Waals surface area contributed by atoms with Crippen molar-refractivity contribution in [3.63, 3.8) is 0 Å². The maximum absolute atomic E-state index is 14.1. The molecule has 4 aliphatic rings. The van der Waals surface area contributed by atoms with Gasteiger partial charge in [0.05, 0.1) is 11.7 Å². The summed E-state index contributed by atoms with van der Waals surface area (Å²) in [6.07, 6.45) is 3.58. The molecule has 2 fully saturated rings. The van der Waals surface area contributed by atoms with Crippen LogP contribution in [-0.4, -0.2) is 50.5 Å². The summed E-state index contributed by atoms with van der Waals surface area (Å²) in [6, 6.07) is 0. The van der Waals surface area contributed by atoms with E-state index in [0.29, 0.717) is 18.4 Å². The maximum atomic E-state index is 14.1. The number of hydrogen-bond acceptors (Lipinski definition) is 6. The summed E-state index contributed by atoms with van der Waals surface area (Å²) in [5.41, 5.74) is -2.22. The molecule has 0 aromatic rings. The third kappa shape index (κ3) is 3.50. The zero-order valence-electron chi connectivity index (χ0n) is 23.1. The van der Waals surface area contributed by atoms with Crippen LogP contribution in [0.4, 0.5) is 0 Å². The summed E-state index contributed by atoms with van der Waals surface area (Å²) >= 11 is 0. The van der Waals surface area contributed by atoms with Crippen LogP contribution in [0.5, 0.6) is 0 Å². The van der Waals surface area contributed by atoms with E-state index < -0.39 is 34.1 Å². The second-order valence-corrected chi connectivity index (χ2v) is 13.9. The number of carbonyl (C=O) groups excluding carboxylic acids is 3. The highest BCUT2D eigenvalue weighted by Gasteiger charge is 2.70. The molecule has 6 nitrogen and oxygen atoms in total. The average Bonchev–Trinajstić information content (AvgIpc) is 3.03. The Morgan fingerprint density at radius 3 is 2.25 bits per heavy atom. The lowest BCUT2D eigenvalue weighted by atomic mass is 9.37. The number of Topliss-reactive ketones (excluding diaryl/α,β-unsaturated/α-hetero) is 3. The van der Waals surface area contributed by atoms with Crippen molar-refractivity contribution in [3.05, 3.63) is 23.3 Å². The number of allylic oxidation sites excluding steroid dienone is 4. The molecule has 8 atom stereocenters. The summed E-state index contributed by atoms with van der Waals surface area (Å²) < 4.78 is 0. The van der Waals surface area contributed by atoms with Crippen molar-refractivity contribution in [1.29, 1.82) is 0 Å². The molecular formula is C30H44O6. The number of aliphatic hydroxyl groups excluding tert-OH is 2. The normalized spacial score (nSPS) is 40.5. The molecule has 4 aliphatic carbocycles. The molecule has 0 aliphatic heterocycles. The minimum Gasteiger partial charge on any atom is -0.390 e. The van der Waals surface area contributed by atoms with Gasteiger partial charge in [0.25, 0.3) is 0 Å². The van der Waals surface area contributed by atoms with E-state index in [2.05, 4.69) is 13.0 Å². The lowest BCUT2D eigenvalue weighted by Gasteiger charge is -2.65. The average molecular weight is 501 g/mol. The Morgan fingerprint density at radius 2 is 1.67 bits per heavy atom. The van der Waals surface area contributed by atoms with Crippen molar-refractivity contribution in [1.82, 2.24) is 0 Å². The highest BCUT2D eigenvalue weighted by Crippen LogP contribution is 2.71. The van der Waals surface area contributed by atoms with Crippen LogP contribution in [0.1, 0.15) is 87.5 Å². The number of aliphatic hydroxyl groups is 3. The van der Waals surface area contributed by atoms with Crippen LogP contribution in [-0.2, 0) is 14.4 Å². The Kier molecular flexibility index (Phi) is 6.23. The molecule has 3 N–H and O–H groups in total. The Balaban J connectivity index is 1.77. The van der Waals surface area contributed by atoms with Gasteiger partial charge in [-0.3, -0.25) is 14.4 Å². The second kappa shape index (κ2) is 8.18. The molecule has 2 saturated carbocycles. The maximum Gasteiger partial charge on any atom is 0.160 e. The lowest BCUT2D eigenvalue weighted by Crippen LogP contribution is -2.64. The molecule has 200 valence electrons. The number of rotatable bonds is 5. The SMILES string of the molecule is C[C@H](C[C@H](O)[C@@H](O)C(C)(C)O)C1=C2C=C[C@H]3[C@@]4(C)CCC(=O)C(C)(C)[C@@H]4CC(=O)[C@]3(C)[C@@]2(C)CC1=O. The van der Waals surface area contributed by atoms with Crippen molar-refractivity contribution in [2.75, 3.05) is 0 Å².